The SMILES string of the molecule is CC(Cl)c1ccccc1NC(=O)c1cc(F)ccc1F. The van der Waals surface area contributed by atoms with Crippen molar-refractivity contribution in [1.82, 2.24) is 0 Å². The minimum Gasteiger partial charge on any atom is -0.322 e. The van der Waals surface area contributed by atoms with Gasteiger partial charge in [-0.2, -0.15) is 0 Å². The number of carbonyl (C=O) groups excluding carboxylic acids is 1. The van der Waals surface area contributed by atoms with Crippen LogP contribution < -0.4 is 5.32 Å². The van der Waals surface area contributed by atoms with E-state index < -0.39 is 17.5 Å². The summed E-state index contributed by atoms with van der Waals surface area (Å²) in [6.45, 7) is 1.76. The molecule has 0 heterocycles. The van der Waals surface area contributed by atoms with Crippen molar-refractivity contribution in [2.45, 2.75) is 12.3 Å². The van der Waals surface area contributed by atoms with Gasteiger partial charge in [0.1, 0.15) is 11.6 Å². The van der Waals surface area contributed by atoms with Crippen LogP contribution in [0.4, 0.5) is 14.5 Å². The average molecular weight is 296 g/mol. The van der Waals surface area contributed by atoms with Crippen LogP contribution in [-0.2, 0) is 0 Å². The zero-order valence-electron chi connectivity index (χ0n) is 10.7. The molecule has 5 heteroatoms. The van der Waals surface area contributed by atoms with E-state index in [-0.39, 0.29) is 10.9 Å². The van der Waals surface area contributed by atoms with Gasteiger partial charge < -0.3 is 5.32 Å². The molecule has 2 nitrogen and oxygen atoms in total. The molecule has 0 spiro atoms. The lowest BCUT2D eigenvalue weighted by Crippen LogP contribution is -2.15. The van der Waals surface area contributed by atoms with Crippen LogP contribution in [-0.4, -0.2) is 5.91 Å². The number of amides is 1. The van der Waals surface area contributed by atoms with Crippen molar-refractivity contribution in [3.05, 3.63) is 65.2 Å². The van der Waals surface area contributed by atoms with E-state index in [0.717, 1.165) is 18.2 Å². The average Bonchev–Trinajstić information content (AvgIpc) is 2.41. The minimum atomic E-state index is -0.777. The third kappa shape index (κ3) is 3.14. The Morgan fingerprint density at radius 1 is 1.20 bits per heavy atom. The number of para-hydroxylation sites is 1. The van der Waals surface area contributed by atoms with E-state index in [0.29, 0.717) is 11.3 Å². The molecule has 2 rings (SSSR count). The highest BCUT2D eigenvalue weighted by Crippen LogP contribution is 2.27. The van der Waals surface area contributed by atoms with E-state index >= 15 is 0 Å². The van der Waals surface area contributed by atoms with Crippen LogP contribution in [0.3, 0.4) is 0 Å². The molecule has 0 aromatic heterocycles. The van der Waals surface area contributed by atoms with Crippen LogP contribution >= 0.6 is 11.6 Å². The summed E-state index contributed by atoms with van der Waals surface area (Å²) < 4.78 is 26.6. The lowest BCUT2D eigenvalue weighted by Gasteiger charge is -2.12. The minimum absolute atomic E-state index is 0.316. The molecule has 0 radical (unpaired) electrons. The number of benzene rings is 2. The molecule has 0 aliphatic rings. The third-order valence-electron chi connectivity index (χ3n) is 2.81. The van der Waals surface area contributed by atoms with Crippen LogP contribution in [0.25, 0.3) is 0 Å². The van der Waals surface area contributed by atoms with Gasteiger partial charge in [0, 0.05) is 5.69 Å². The van der Waals surface area contributed by atoms with Crippen molar-refractivity contribution in [3.8, 4) is 0 Å². The van der Waals surface area contributed by atoms with Crippen LogP contribution in [0.1, 0.15) is 28.2 Å². The van der Waals surface area contributed by atoms with Crippen LogP contribution in [0.15, 0.2) is 42.5 Å². The number of hydrogen-bond donors (Lipinski definition) is 1. The van der Waals surface area contributed by atoms with E-state index in [1.54, 1.807) is 31.2 Å². The fraction of sp³-hybridized carbons (Fsp3) is 0.133. The monoisotopic (exact) mass is 295 g/mol. The summed E-state index contributed by atoms with van der Waals surface area (Å²) >= 11 is 6.01. The Bertz CT molecular complexity index is 644. The Hall–Kier alpha value is -1.94. The standard InChI is InChI=1S/C15H12ClF2NO/c1-9(16)11-4-2-3-5-14(11)19-15(20)12-8-10(17)6-7-13(12)18/h2-9H,1H3,(H,19,20). The molecule has 2 aromatic rings. The highest BCUT2D eigenvalue weighted by molar-refractivity contribution is 6.21. The van der Waals surface area contributed by atoms with Gasteiger partial charge in [-0.1, -0.05) is 18.2 Å². The van der Waals surface area contributed by atoms with Gasteiger partial charge in [-0.3, -0.25) is 4.79 Å². The van der Waals surface area contributed by atoms with E-state index in [1.807, 2.05) is 0 Å². The smallest absolute Gasteiger partial charge is 0.258 e. The van der Waals surface area contributed by atoms with Gasteiger partial charge >= 0.3 is 0 Å². The first-order valence-electron chi connectivity index (χ1n) is 5.98. The summed E-state index contributed by atoms with van der Waals surface area (Å²) in [6.07, 6.45) is 0. The van der Waals surface area contributed by atoms with Crippen molar-refractivity contribution >= 4 is 23.2 Å². The first-order chi connectivity index (χ1) is 9.49. The van der Waals surface area contributed by atoms with Gasteiger partial charge in [-0.25, -0.2) is 8.78 Å². The highest BCUT2D eigenvalue weighted by Gasteiger charge is 2.15. The van der Waals surface area contributed by atoms with Crippen molar-refractivity contribution in [1.29, 1.82) is 0 Å². The number of nitrogens with one attached hydrogen (secondary N) is 1. The fourth-order valence-electron chi connectivity index (χ4n) is 1.82. The fourth-order valence-corrected chi connectivity index (χ4v) is 2.01. The molecular weight excluding hydrogens is 284 g/mol. The van der Waals surface area contributed by atoms with Crippen LogP contribution in [0.2, 0.25) is 0 Å². The van der Waals surface area contributed by atoms with Crippen LogP contribution in [0, 0.1) is 11.6 Å². The molecule has 0 saturated carbocycles. The normalized spacial score (nSPS) is 12.0. The maximum Gasteiger partial charge on any atom is 0.258 e. The van der Waals surface area contributed by atoms with Crippen molar-refractivity contribution in [2.24, 2.45) is 0 Å². The molecular formula is C15H12ClF2NO. The number of carbonyl (C=O) groups is 1. The van der Waals surface area contributed by atoms with E-state index in [9.17, 15) is 13.6 Å². The molecule has 0 saturated heterocycles. The second-order valence-electron chi connectivity index (χ2n) is 4.28. The van der Waals surface area contributed by atoms with E-state index in [4.69, 9.17) is 11.6 Å². The largest absolute Gasteiger partial charge is 0.322 e. The number of alkyl halides is 1. The Morgan fingerprint density at radius 3 is 2.60 bits per heavy atom. The summed E-state index contributed by atoms with van der Waals surface area (Å²) in [6, 6.07) is 9.66. The summed E-state index contributed by atoms with van der Waals surface area (Å²) in [5, 5.41) is 2.23. The highest BCUT2D eigenvalue weighted by atomic mass is 35.5. The molecule has 0 fully saturated rings. The molecule has 1 unspecified atom stereocenters. The lowest BCUT2D eigenvalue weighted by atomic mass is 10.1. The van der Waals surface area contributed by atoms with Gasteiger partial charge in [-0.15, -0.1) is 11.6 Å². The van der Waals surface area contributed by atoms with Gasteiger partial charge in [0.05, 0.1) is 10.9 Å². The number of rotatable bonds is 3. The van der Waals surface area contributed by atoms with Gasteiger partial charge in [0.25, 0.3) is 5.91 Å². The Morgan fingerprint density at radius 2 is 1.90 bits per heavy atom. The molecule has 20 heavy (non-hydrogen) atoms. The van der Waals surface area contributed by atoms with E-state index in [2.05, 4.69) is 5.32 Å². The predicted molar refractivity (Wildman–Crippen MR) is 75.0 cm³/mol. The molecule has 0 bridgehead atoms. The molecule has 0 aliphatic heterocycles. The maximum atomic E-state index is 13.5. The Balaban J connectivity index is 2.31. The molecule has 104 valence electrons. The molecule has 1 N–H and O–H groups in total. The zero-order valence-corrected chi connectivity index (χ0v) is 11.4. The topological polar surface area (TPSA) is 29.1 Å². The maximum absolute atomic E-state index is 13.5. The van der Waals surface area contributed by atoms with Gasteiger partial charge in [0.15, 0.2) is 0 Å². The Kier molecular flexibility index (Phi) is 4.35. The third-order valence-corrected chi connectivity index (χ3v) is 3.05. The molecule has 1 atom stereocenters. The molecule has 0 aliphatic carbocycles. The summed E-state index contributed by atoms with van der Waals surface area (Å²) in [5.74, 6) is -2.16. The lowest BCUT2D eigenvalue weighted by molar-refractivity contribution is 0.102. The first kappa shape index (κ1) is 14.5. The number of hydrogen-bond acceptors (Lipinski definition) is 1. The van der Waals surface area contributed by atoms with Crippen molar-refractivity contribution < 1.29 is 13.6 Å². The van der Waals surface area contributed by atoms with Crippen LogP contribution in [0.5, 0.6) is 0 Å². The van der Waals surface area contributed by atoms with Gasteiger partial charge in [-0.05, 0) is 36.8 Å². The molecule has 2 aromatic carbocycles. The second-order valence-corrected chi connectivity index (χ2v) is 4.94. The summed E-state index contributed by atoms with van der Waals surface area (Å²) in [4.78, 5) is 12.0. The van der Waals surface area contributed by atoms with Gasteiger partial charge in [0.2, 0.25) is 0 Å². The summed E-state index contributed by atoms with van der Waals surface area (Å²) in [7, 11) is 0. The van der Waals surface area contributed by atoms with Crippen molar-refractivity contribution in [2.75, 3.05) is 5.32 Å². The zero-order chi connectivity index (χ0) is 14.7. The van der Waals surface area contributed by atoms with Crippen molar-refractivity contribution in [3.63, 3.8) is 0 Å². The Labute approximate surface area is 120 Å². The first-order valence-corrected chi connectivity index (χ1v) is 6.42. The summed E-state index contributed by atoms with van der Waals surface area (Å²) in [5.41, 5.74) is 0.838. The number of halogens is 3. The predicted octanol–water partition coefficient (Wildman–Crippen LogP) is 4.52. The second kappa shape index (κ2) is 6.01. The number of anilines is 1. The molecule has 1 amide bonds. The quantitative estimate of drug-likeness (QED) is 0.829. The van der Waals surface area contributed by atoms with E-state index in [1.165, 1.54) is 0 Å².